The first kappa shape index (κ1) is 11.8. The summed E-state index contributed by atoms with van der Waals surface area (Å²) in [5.74, 6) is 2.92. The van der Waals surface area contributed by atoms with Crippen molar-refractivity contribution in [3.8, 4) is 0 Å². The van der Waals surface area contributed by atoms with Gasteiger partial charge in [-0.25, -0.2) is 0 Å². The summed E-state index contributed by atoms with van der Waals surface area (Å²) in [6.07, 6.45) is 7.23. The Labute approximate surface area is 110 Å². The monoisotopic (exact) mass is 252 g/mol. The van der Waals surface area contributed by atoms with Crippen molar-refractivity contribution in [2.45, 2.75) is 58.0 Å². The standard InChI is InChI=1S/C14H24N2S/c1-9(2)15-14(17)16-8-12-4-10-3-11(5-12)7-13(16)6-10/h9-13H,3-8H2,1-2H3,(H,15,17). The van der Waals surface area contributed by atoms with Gasteiger partial charge in [0.2, 0.25) is 0 Å². The van der Waals surface area contributed by atoms with Gasteiger partial charge in [0.15, 0.2) is 5.11 Å². The maximum atomic E-state index is 5.60. The number of nitrogens with zero attached hydrogens (tertiary/aromatic N) is 1. The molecule has 4 fully saturated rings. The average molecular weight is 252 g/mol. The normalized spacial score (nSPS) is 39.6. The highest BCUT2D eigenvalue weighted by molar-refractivity contribution is 7.80. The predicted octanol–water partition coefficient (Wildman–Crippen LogP) is 2.78. The Kier molecular flexibility index (Phi) is 3.06. The Morgan fingerprint density at radius 1 is 1.06 bits per heavy atom. The van der Waals surface area contributed by atoms with Crippen molar-refractivity contribution in [2.24, 2.45) is 17.8 Å². The molecule has 3 heteroatoms. The van der Waals surface area contributed by atoms with Crippen LogP contribution in [-0.2, 0) is 0 Å². The van der Waals surface area contributed by atoms with Gasteiger partial charge in [0.25, 0.3) is 0 Å². The largest absolute Gasteiger partial charge is 0.360 e. The number of nitrogens with one attached hydrogen (secondary N) is 1. The van der Waals surface area contributed by atoms with Crippen molar-refractivity contribution < 1.29 is 0 Å². The number of hydrogen-bond donors (Lipinski definition) is 1. The smallest absolute Gasteiger partial charge is 0.169 e. The van der Waals surface area contributed by atoms with Crippen molar-refractivity contribution >= 4 is 17.3 Å². The average Bonchev–Trinajstić information content (AvgIpc) is 2.41. The number of rotatable bonds is 1. The fourth-order valence-corrected chi connectivity index (χ4v) is 4.82. The van der Waals surface area contributed by atoms with E-state index < -0.39 is 0 Å². The van der Waals surface area contributed by atoms with E-state index in [4.69, 9.17) is 12.2 Å². The molecule has 17 heavy (non-hydrogen) atoms. The molecule has 0 aromatic carbocycles. The van der Waals surface area contributed by atoms with E-state index in [1.54, 1.807) is 0 Å². The van der Waals surface area contributed by atoms with Crippen molar-refractivity contribution in [1.29, 1.82) is 0 Å². The van der Waals surface area contributed by atoms with E-state index in [1.807, 2.05) is 0 Å². The molecule has 2 atom stereocenters. The van der Waals surface area contributed by atoms with E-state index in [9.17, 15) is 0 Å². The first-order valence-corrected chi connectivity index (χ1v) is 7.59. The van der Waals surface area contributed by atoms with Crippen LogP contribution in [0.4, 0.5) is 0 Å². The molecule has 0 spiro atoms. The molecule has 2 unspecified atom stereocenters. The highest BCUT2D eigenvalue weighted by Crippen LogP contribution is 2.47. The van der Waals surface area contributed by atoms with Gasteiger partial charge in [-0.05, 0) is 75.9 Å². The summed E-state index contributed by atoms with van der Waals surface area (Å²) >= 11 is 5.60. The fourth-order valence-electron chi connectivity index (χ4n) is 4.36. The third-order valence-electron chi connectivity index (χ3n) is 4.78. The van der Waals surface area contributed by atoms with Crippen LogP contribution in [0.5, 0.6) is 0 Å². The van der Waals surface area contributed by atoms with Crippen LogP contribution >= 0.6 is 12.2 Å². The molecule has 4 rings (SSSR count). The summed E-state index contributed by atoms with van der Waals surface area (Å²) in [6, 6.07) is 1.20. The lowest BCUT2D eigenvalue weighted by molar-refractivity contribution is 0.146. The minimum absolute atomic E-state index is 0.458. The predicted molar refractivity (Wildman–Crippen MR) is 74.9 cm³/mol. The maximum absolute atomic E-state index is 5.60. The second-order valence-corrected chi connectivity index (χ2v) is 7.07. The molecule has 4 aliphatic rings. The molecule has 2 aliphatic carbocycles. The SMILES string of the molecule is CC(C)NC(=S)N1CC2CC3CC(C2)CC1C3. The fraction of sp³-hybridized carbons (Fsp3) is 0.929. The van der Waals surface area contributed by atoms with Crippen LogP contribution in [0.1, 0.15) is 46.0 Å². The molecule has 2 nitrogen and oxygen atoms in total. The molecule has 1 N–H and O–H groups in total. The topological polar surface area (TPSA) is 15.3 Å². The van der Waals surface area contributed by atoms with Crippen LogP contribution in [0.25, 0.3) is 0 Å². The van der Waals surface area contributed by atoms with E-state index in [2.05, 4.69) is 24.1 Å². The zero-order chi connectivity index (χ0) is 12.0. The second-order valence-electron chi connectivity index (χ2n) is 6.69. The number of thiocarbonyl (C=S) groups is 1. The molecule has 0 amide bonds. The third kappa shape index (κ3) is 2.31. The van der Waals surface area contributed by atoms with Crippen molar-refractivity contribution in [3.05, 3.63) is 0 Å². The van der Waals surface area contributed by atoms with Crippen LogP contribution in [0.2, 0.25) is 0 Å². The van der Waals surface area contributed by atoms with E-state index in [0.717, 1.165) is 28.9 Å². The van der Waals surface area contributed by atoms with E-state index >= 15 is 0 Å². The lowest BCUT2D eigenvalue weighted by Gasteiger charge is -2.39. The zero-order valence-corrected chi connectivity index (χ0v) is 11.8. The van der Waals surface area contributed by atoms with Crippen LogP contribution in [0.3, 0.4) is 0 Å². The van der Waals surface area contributed by atoms with Gasteiger partial charge in [0.05, 0.1) is 0 Å². The summed E-state index contributed by atoms with van der Waals surface area (Å²) in [5, 5.41) is 4.45. The summed E-state index contributed by atoms with van der Waals surface area (Å²) in [7, 11) is 0. The van der Waals surface area contributed by atoms with E-state index in [0.29, 0.717) is 6.04 Å². The van der Waals surface area contributed by atoms with Gasteiger partial charge in [-0.3, -0.25) is 0 Å². The van der Waals surface area contributed by atoms with Crippen LogP contribution in [0.15, 0.2) is 0 Å². The van der Waals surface area contributed by atoms with Crippen molar-refractivity contribution in [2.75, 3.05) is 6.54 Å². The maximum Gasteiger partial charge on any atom is 0.169 e. The van der Waals surface area contributed by atoms with Crippen LogP contribution < -0.4 is 5.32 Å². The number of hydrogen-bond acceptors (Lipinski definition) is 1. The summed E-state index contributed by atoms with van der Waals surface area (Å²) < 4.78 is 0. The van der Waals surface area contributed by atoms with Gasteiger partial charge >= 0.3 is 0 Å². The lowest BCUT2D eigenvalue weighted by atomic mass is 9.68. The molecular formula is C14H24N2S. The summed E-state index contributed by atoms with van der Waals surface area (Å²) in [6.45, 7) is 5.57. The van der Waals surface area contributed by atoms with E-state index in [-0.39, 0.29) is 0 Å². The first-order chi connectivity index (χ1) is 8.11. The third-order valence-corrected chi connectivity index (χ3v) is 5.13. The molecular weight excluding hydrogens is 228 g/mol. The molecule has 2 saturated heterocycles. The van der Waals surface area contributed by atoms with E-state index in [1.165, 1.54) is 38.6 Å². The molecule has 2 saturated carbocycles. The minimum Gasteiger partial charge on any atom is -0.360 e. The van der Waals surface area contributed by atoms with Gasteiger partial charge in [0.1, 0.15) is 0 Å². The van der Waals surface area contributed by atoms with Crippen LogP contribution in [0, 0.1) is 17.8 Å². The molecule has 4 bridgehead atoms. The Bertz CT molecular complexity index is 301. The first-order valence-electron chi connectivity index (χ1n) is 7.19. The molecule has 2 heterocycles. The Morgan fingerprint density at radius 2 is 1.65 bits per heavy atom. The van der Waals surface area contributed by atoms with Crippen molar-refractivity contribution in [1.82, 2.24) is 10.2 Å². The van der Waals surface area contributed by atoms with Gasteiger partial charge in [-0.15, -0.1) is 0 Å². The quantitative estimate of drug-likeness (QED) is 0.723. The Balaban J connectivity index is 1.75. The van der Waals surface area contributed by atoms with Gasteiger partial charge in [-0.1, -0.05) is 0 Å². The summed E-state index contributed by atoms with van der Waals surface area (Å²) in [4.78, 5) is 2.53. The highest BCUT2D eigenvalue weighted by Gasteiger charge is 2.43. The Morgan fingerprint density at radius 3 is 2.24 bits per heavy atom. The highest BCUT2D eigenvalue weighted by atomic mass is 32.1. The molecule has 2 aliphatic heterocycles. The Hall–Kier alpha value is -0.310. The number of fused-ring (bicyclic) bond motifs is 1. The lowest BCUT2D eigenvalue weighted by Crippen LogP contribution is -2.48. The minimum atomic E-state index is 0.458. The van der Waals surface area contributed by atoms with Gasteiger partial charge < -0.3 is 10.2 Å². The molecule has 0 aromatic rings. The second kappa shape index (κ2) is 4.42. The zero-order valence-electron chi connectivity index (χ0n) is 11.0. The van der Waals surface area contributed by atoms with Gasteiger partial charge in [-0.2, -0.15) is 0 Å². The molecule has 0 radical (unpaired) electrons. The van der Waals surface area contributed by atoms with Crippen LogP contribution in [-0.4, -0.2) is 28.6 Å². The molecule has 0 aromatic heterocycles. The molecule has 96 valence electrons. The summed E-state index contributed by atoms with van der Waals surface area (Å²) in [5.41, 5.74) is 0. The van der Waals surface area contributed by atoms with Crippen molar-refractivity contribution in [3.63, 3.8) is 0 Å². The van der Waals surface area contributed by atoms with Gasteiger partial charge in [0, 0.05) is 18.6 Å².